The Labute approximate surface area is 79.9 Å². The Hall–Kier alpha value is -2.09. The van der Waals surface area contributed by atoms with Crippen LogP contribution >= 0.6 is 0 Å². The molecule has 0 aliphatic carbocycles. The number of anilines is 1. The minimum absolute atomic E-state index is 0.0434. The van der Waals surface area contributed by atoms with Crippen molar-refractivity contribution in [2.75, 3.05) is 11.9 Å². The highest BCUT2D eigenvalue weighted by Gasteiger charge is 2.16. The molecule has 0 aliphatic heterocycles. The van der Waals surface area contributed by atoms with E-state index in [4.69, 9.17) is 6.42 Å². The van der Waals surface area contributed by atoms with Gasteiger partial charge in [-0.1, -0.05) is 12.0 Å². The first-order chi connectivity index (χ1) is 6.66. The highest BCUT2D eigenvalue weighted by atomic mass is 19.1. The third kappa shape index (κ3) is 1.98. The molecule has 4 nitrogen and oxygen atoms in total. The van der Waals surface area contributed by atoms with Crippen molar-refractivity contribution >= 4 is 11.4 Å². The molecule has 0 aliphatic rings. The van der Waals surface area contributed by atoms with E-state index < -0.39 is 10.7 Å². The molecule has 0 unspecified atom stereocenters. The molecule has 14 heavy (non-hydrogen) atoms. The van der Waals surface area contributed by atoms with Crippen LogP contribution < -0.4 is 5.32 Å². The minimum atomic E-state index is -0.686. The van der Waals surface area contributed by atoms with Gasteiger partial charge in [0.25, 0.3) is 5.69 Å². The number of nitro groups is 1. The number of benzene rings is 1. The normalized spacial score (nSPS) is 9.14. The first kappa shape index (κ1) is 9.99. The van der Waals surface area contributed by atoms with Crippen LogP contribution in [-0.4, -0.2) is 11.5 Å². The van der Waals surface area contributed by atoms with E-state index in [-0.39, 0.29) is 17.9 Å². The van der Waals surface area contributed by atoms with Crippen LogP contribution in [0.25, 0.3) is 0 Å². The van der Waals surface area contributed by atoms with Crippen LogP contribution in [0.15, 0.2) is 18.2 Å². The summed E-state index contributed by atoms with van der Waals surface area (Å²) in [5.41, 5.74) is -0.490. The Bertz CT molecular complexity index is 398. The van der Waals surface area contributed by atoms with Gasteiger partial charge in [-0.3, -0.25) is 10.1 Å². The zero-order valence-electron chi connectivity index (χ0n) is 7.16. The number of para-hydroxylation sites is 1. The van der Waals surface area contributed by atoms with Gasteiger partial charge in [-0.2, -0.15) is 0 Å². The van der Waals surface area contributed by atoms with Crippen molar-refractivity contribution < 1.29 is 9.31 Å². The lowest BCUT2D eigenvalue weighted by Crippen LogP contribution is -2.04. The van der Waals surface area contributed by atoms with Crippen LogP contribution in [0.4, 0.5) is 15.8 Å². The Morgan fingerprint density at radius 2 is 2.36 bits per heavy atom. The van der Waals surface area contributed by atoms with E-state index in [1.165, 1.54) is 12.1 Å². The average molecular weight is 194 g/mol. The number of nitro benzene ring substituents is 1. The smallest absolute Gasteiger partial charge is 0.295 e. The molecule has 0 spiro atoms. The third-order valence-electron chi connectivity index (χ3n) is 1.56. The molecule has 1 rings (SSSR count). The molecule has 0 saturated heterocycles. The maximum absolute atomic E-state index is 13.1. The van der Waals surface area contributed by atoms with E-state index in [0.717, 1.165) is 6.07 Å². The summed E-state index contributed by atoms with van der Waals surface area (Å²) in [7, 11) is 0. The number of nitrogens with one attached hydrogen (secondary N) is 1. The molecule has 0 heterocycles. The van der Waals surface area contributed by atoms with Gasteiger partial charge in [0.15, 0.2) is 5.82 Å². The largest absolute Gasteiger partial charge is 0.366 e. The molecular formula is C9H7FN2O2. The molecule has 0 atom stereocenters. The molecule has 0 fully saturated rings. The lowest BCUT2D eigenvalue weighted by molar-refractivity contribution is -0.384. The molecule has 1 aromatic carbocycles. The average Bonchev–Trinajstić information content (AvgIpc) is 2.15. The number of halogens is 1. The van der Waals surface area contributed by atoms with Crippen LogP contribution in [0.5, 0.6) is 0 Å². The van der Waals surface area contributed by atoms with Gasteiger partial charge in [0, 0.05) is 6.07 Å². The predicted octanol–water partition coefficient (Wildman–Crippen LogP) is 1.78. The van der Waals surface area contributed by atoms with Gasteiger partial charge in [-0.15, -0.1) is 6.42 Å². The van der Waals surface area contributed by atoms with Gasteiger partial charge < -0.3 is 5.32 Å². The molecule has 1 N–H and O–H groups in total. The zero-order valence-corrected chi connectivity index (χ0v) is 7.16. The zero-order chi connectivity index (χ0) is 10.6. The van der Waals surface area contributed by atoms with Gasteiger partial charge in [-0.05, 0) is 6.07 Å². The fourth-order valence-corrected chi connectivity index (χ4v) is 0.979. The summed E-state index contributed by atoms with van der Waals surface area (Å²) in [6.07, 6.45) is 4.95. The second-order valence-corrected chi connectivity index (χ2v) is 2.45. The highest BCUT2D eigenvalue weighted by molar-refractivity contribution is 5.62. The molecule has 72 valence electrons. The summed E-state index contributed by atoms with van der Waals surface area (Å²) in [4.78, 5) is 9.82. The quantitative estimate of drug-likeness (QED) is 0.453. The van der Waals surface area contributed by atoms with E-state index in [2.05, 4.69) is 11.2 Å². The Kier molecular flexibility index (Phi) is 3.02. The molecule has 1 aromatic rings. The lowest BCUT2D eigenvalue weighted by Gasteiger charge is -2.04. The van der Waals surface area contributed by atoms with Crippen molar-refractivity contribution in [3.8, 4) is 12.3 Å². The Morgan fingerprint density at radius 1 is 1.64 bits per heavy atom. The van der Waals surface area contributed by atoms with Gasteiger partial charge in [0.05, 0.1) is 11.5 Å². The maximum atomic E-state index is 13.1. The minimum Gasteiger partial charge on any atom is -0.366 e. The van der Waals surface area contributed by atoms with Gasteiger partial charge in [0.1, 0.15) is 5.69 Å². The first-order valence-electron chi connectivity index (χ1n) is 3.77. The number of rotatable bonds is 3. The second kappa shape index (κ2) is 4.23. The van der Waals surface area contributed by atoms with E-state index in [0.29, 0.717) is 0 Å². The van der Waals surface area contributed by atoms with Crippen molar-refractivity contribution in [1.82, 2.24) is 0 Å². The summed E-state index contributed by atoms with van der Waals surface area (Å²) >= 11 is 0. The Morgan fingerprint density at radius 3 is 2.93 bits per heavy atom. The number of terminal acetylenes is 1. The van der Waals surface area contributed by atoms with Crippen molar-refractivity contribution in [2.24, 2.45) is 0 Å². The lowest BCUT2D eigenvalue weighted by atomic mass is 10.2. The summed E-state index contributed by atoms with van der Waals surface area (Å²) in [5.74, 6) is 1.52. The van der Waals surface area contributed by atoms with Crippen molar-refractivity contribution in [3.05, 3.63) is 34.1 Å². The fraction of sp³-hybridized carbons (Fsp3) is 0.111. The fourth-order valence-electron chi connectivity index (χ4n) is 0.979. The number of hydrogen-bond acceptors (Lipinski definition) is 3. The van der Waals surface area contributed by atoms with Crippen LogP contribution in [0, 0.1) is 28.3 Å². The van der Waals surface area contributed by atoms with Crippen LogP contribution in [-0.2, 0) is 0 Å². The predicted molar refractivity (Wildman–Crippen MR) is 50.4 cm³/mol. The topological polar surface area (TPSA) is 55.2 Å². The van der Waals surface area contributed by atoms with Crippen LogP contribution in [0.2, 0.25) is 0 Å². The summed E-state index contributed by atoms with van der Waals surface area (Å²) in [5, 5.41) is 12.9. The standard InChI is InChI=1S/C9H7FN2O2/c1-2-6-11-9-7(10)4-3-5-8(9)12(13)14/h1,3-5,11H,6H2. The monoisotopic (exact) mass is 194 g/mol. The maximum Gasteiger partial charge on any atom is 0.295 e. The van der Waals surface area contributed by atoms with Gasteiger partial charge in [0.2, 0.25) is 0 Å². The third-order valence-corrected chi connectivity index (χ3v) is 1.56. The molecule has 0 radical (unpaired) electrons. The second-order valence-electron chi connectivity index (χ2n) is 2.45. The van der Waals surface area contributed by atoms with Crippen molar-refractivity contribution in [2.45, 2.75) is 0 Å². The first-order valence-corrected chi connectivity index (χ1v) is 3.77. The summed E-state index contributed by atoms with van der Waals surface area (Å²) in [6, 6.07) is 3.61. The molecule has 0 saturated carbocycles. The summed E-state index contributed by atoms with van der Waals surface area (Å²) < 4.78 is 13.1. The molecule has 0 amide bonds. The van der Waals surface area contributed by atoms with Crippen LogP contribution in [0.3, 0.4) is 0 Å². The highest BCUT2D eigenvalue weighted by Crippen LogP contribution is 2.26. The van der Waals surface area contributed by atoms with E-state index in [1.54, 1.807) is 0 Å². The van der Waals surface area contributed by atoms with E-state index in [1.807, 2.05) is 0 Å². The molecule has 0 bridgehead atoms. The summed E-state index contributed by atoms with van der Waals surface area (Å²) in [6.45, 7) is 0.0434. The SMILES string of the molecule is C#CCNc1c(F)cccc1[N+](=O)[O-]. The van der Waals surface area contributed by atoms with Crippen molar-refractivity contribution in [3.63, 3.8) is 0 Å². The van der Waals surface area contributed by atoms with Gasteiger partial charge >= 0.3 is 0 Å². The molecule has 0 aromatic heterocycles. The Balaban J connectivity index is 3.10. The van der Waals surface area contributed by atoms with Gasteiger partial charge in [-0.25, -0.2) is 4.39 Å². The molecule has 5 heteroatoms. The number of hydrogen-bond donors (Lipinski definition) is 1. The van der Waals surface area contributed by atoms with E-state index in [9.17, 15) is 14.5 Å². The van der Waals surface area contributed by atoms with E-state index >= 15 is 0 Å². The van der Waals surface area contributed by atoms with Crippen LogP contribution in [0.1, 0.15) is 0 Å². The number of nitrogens with zero attached hydrogens (tertiary/aromatic N) is 1. The molecular weight excluding hydrogens is 187 g/mol. The van der Waals surface area contributed by atoms with Crippen molar-refractivity contribution in [1.29, 1.82) is 0 Å².